The van der Waals surface area contributed by atoms with Crippen molar-refractivity contribution in [1.82, 2.24) is 10.2 Å². The van der Waals surface area contributed by atoms with Crippen LogP contribution in [0.25, 0.3) is 17.3 Å². The van der Waals surface area contributed by atoms with Crippen LogP contribution in [0.15, 0.2) is 42.0 Å². The standard InChI is InChI=1S/C18H23BN2O3/c1-17(2)18(3,4)24-19(23-17)14(12-22)11-13-7-5-6-8-15(13)16-9-10-20-21-16/h5-11,22H,12H2,1-4H3,(H,20,21). The van der Waals surface area contributed by atoms with Gasteiger partial charge in [0.2, 0.25) is 0 Å². The van der Waals surface area contributed by atoms with Crippen LogP contribution in [0.1, 0.15) is 33.3 Å². The molecule has 0 spiro atoms. The van der Waals surface area contributed by atoms with Gasteiger partial charge < -0.3 is 14.4 Å². The molecule has 0 amide bonds. The fourth-order valence-corrected chi connectivity index (χ4v) is 2.66. The molecule has 0 atom stereocenters. The lowest BCUT2D eigenvalue weighted by atomic mass is 9.77. The highest BCUT2D eigenvalue weighted by Gasteiger charge is 2.52. The Bertz CT molecular complexity index is 722. The Kier molecular flexibility index (Phi) is 4.38. The monoisotopic (exact) mass is 326 g/mol. The van der Waals surface area contributed by atoms with Gasteiger partial charge in [0, 0.05) is 11.8 Å². The molecular weight excluding hydrogens is 303 g/mol. The molecule has 0 saturated carbocycles. The average molecular weight is 326 g/mol. The predicted molar refractivity (Wildman–Crippen MR) is 95.2 cm³/mol. The van der Waals surface area contributed by atoms with Crippen LogP contribution in [-0.4, -0.2) is 40.2 Å². The van der Waals surface area contributed by atoms with Crippen molar-refractivity contribution in [3.8, 4) is 11.3 Å². The van der Waals surface area contributed by atoms with Crippen molar-refractivity contribution in [2.75, 3.05) is 6.61 Å². The quantitative estimate of drug-likeness (QED) is 0.848. The summed E-state index contributed by atoms with van der Waals surface area (Å²) in [5, 5.41) is 16.8. The Hall–Kier alpha value is -1.89. The van der Waals surface area contributed by atoms with Crippen molar-refractivity contribution >= 4 is 13.2 Å². The van der Waals surface area contributed by atoms with Crippen molar-refractivity contribution in [1.29, 1.82) is 0 Å². The topological polar surface area (TPSA) is 67.4 Å². The van der Waals surface area contributed by atoms with E-state index >= 15 is 0 Å². The van der Waals surface area contributed by atoms with Gasteiger partial charge in [-0.3, -0.25) is 5.10 Å². The molecule has 0 aliphatic carbocycles. The summed E-state index contributed by atoms with van der Waals surface area (Å²) in [6, 6.07) is 9.86. The molecule has 0 radical (unpaired) electrons. The number of aliphatic hydroxyl groups is 1. The summed E-state index contributed by atoms with van der Waals surface area (Å²) >= 11 is 0. The van der Waals surface area contributed by atoms with E-state index in [1.807, 2.05) is 64.1 Å². The summed E-state index contributed by atoms with van der Waals surface area (Å²) in [5.74, 6) is 0. The minimum Gasteiger partial charge on any atom is -0.400 e. The normalized spacial score (nSPS) is 19.7. The highest BCUT2D eigenvalue weighted by Crippen LogP contribution is 2.39. The Morgan fingerprint density at radius 2 is 1.83 bits per heavy atom. The largest absolute Gasteiger partial charge is 0.492 e. The molecule has 1 aromatic heterocycles. The van der Waals surface area contributed by atoms with Crippen LogP contribution < -0.4 is 0 Å². The van der Waals surface area contributed by atoms with E-state index in [2.05, 4.69) is 10.2 Å². The molecule has 2 aromatic rings. The number of aliphatic hydroxyl groups excluding tert-OH is 1. The molecule has 1 aliphatic heterocycles. The van der Waals surface area contributed by atoms with Crippen molar-refractivity contribution in [2.24, 2.45) is 0 Å². The minimum absolute atomic E-state index is 0.131. The predicted octanol–water partition coefficient (Wildman–Crippen LogP) is 3.08. The number of rotatable bonds is 4. The third-order valence-electron chi connectivity index (χ3n) is 4.83. The van der Waals surface area contributed by atoms with Crippen LogP contribution >= 0.6 is 0 Å². The Morgan fingerprint density at radius 1 is 1.17 bits per heavy atom. The van der Waals surface area contributed by atoms with Crippen molar-refractivity contribution < 1.29 is 14.4 Å². The lowest BCUT2D eigenvalue weighted by Gasteiger charge is -2.32. The number of hydrogen-bond acceptors (Lipinski definition) is 4. The van der Waals surface area contributed by atoms with Gasteiger partial charge in [0.25, 0.3) is 0 Å². The summed E-state index contributed by atoms with van der Waals surface area (Å²) in [6.45, 7) is 7.87. The van der Waals surface area contributed by atoms with E-state index in [1.165, 1.54) is 0 Å². The average Bonchev–Trinajstić information content (AvgIpc) is 3.12. The second-order valence-electron chi connectivity index (χ2n) is 7.02. The van der Waals surface area contributed by atoms with Crippen LogP contribution in [0.4, 0.5) is 0 Å². The van der Waals surface area contributed by atoms with E-state index in [0.717, 1.165) is 16.8 Å². The second kappa shape index (κ2) is 6.20. The van der Waals surface area contributed by atoms with Crippen molar-refractivity contribution in [2.45, 2.75) is 38.9 Å². The fraction of sp³-hybridized carbons (Fsp3) is 0.389. The lowest BCUT2D eigenvalue weighted by molar-refractivity contribution is 0.00578. The number of aromatic amines is 1. The van der Waals surface area contributed by atoms with E-state index in [9.17, 15) is 5.11 Å². The van der Waals surface area contributed by atoms with Gasteiger partial charge in [0.05, 0.1) is 23.5 Å². The Labute approximate surface area is 142 Å². The number of hydrogen-bond donors (Lipinski definition) is 2. The van der Waals surface area contributed by atoms with Gasteiger partial charge in [0.1, 0.15) is 0 Å². The van der Waals surface area contributed by atoms with E-state index in [0.29, 0.717) is 5.47 Å². The molecule has 1 aromatic carbocycles. The number of H-pyrrole nitrogens is 1. The van der Waals surface area contributed by atoms with Gasteiger partial charge in [-0.15, -0.1) is 0 Å². The zero-order valence-electron chi connectivity index (χ0n) is 14.5. The van der Waals surface area contributed by atoms with Gasteiger partial charge in [0.15, 0.2) is 0 Å². The molecule has 24 heavy (non-hydrogen) atoms. The summed E-state index contributed by atoms with van der Waals surface area (Å²) in [5.41, 5.74) is 2.73. The zero-order chi connectivity index (χ0) is 17.4. The second-order valence-corrected chi connectivity index (χ2v) is 7.02. The summed E-state index contributed by atoms with van der Waals surface area (Å²) in [4.78, 5) is 0. The third-order valence-corrected chi connectivity index (χ3v) is 4.83. The van der Waals surface area contributed by atoms with Gasteiger partial charge in [-0.2, -0.15) is 5.10 Å². The minimum atomic E-state index is -0.560. The first-order valence-electron chi connectivity index (χ1n) is 8.10. The van der Waals surface area contributed by atoms with Crippen LogP contribution in [0.2, 0.25) is 0 Å². The molecule has 1 aliphatic rings. The Morgan fingerprint density at radius 3 is 2.42 bits per heavy atom. The maximum Gasteiger partial charge on any atom is 0.492 e. The van der Waals surface area contributed by atoms with Gasteiger partial charge in [-0.05, 0) is 44.8 Å². The van der Waals surface area contributed by atoms with E-state index < -0.39 is 18.3 Å². The first-order valence-corrected chi connectivity index (χ1v) is 8.10. The van der Waals surface area contributed by atoms with Gasteiger partial charge >= 0.3 is 7.12 Å². The maximum absolute atomic E-state index is 9.86. The zero-order valence-corrected chi connectivity index (χ0v) is 14.5. The molecule has 1 fully saturated rings. The highest BCUT2D eigenvalue weighted by atomic mass is 16.7. The maximum atomic E-state index is 9.86. The van der Waals surface area contributed by atoms with Crippen molar-refractivity contribution in [3.63, 3.8) is 0 Å². The SMILES string of the molecule is CC1(C)OB(C(=Cc2ccccc2-c2ccn[nH]2)CO)OC1(C)C. The highest BCUT2D eigenvalue weighted by molar-refractivity contribution is 6.55. The molecule has 5 nitrogen and oxygen atoms in total. The third kappa shape index (κ3) is 3.05. The first kappa shape index (κ1) is 17.0. The van der Waals surface area contributed by atoms with Crippen LogP contribution in [0.5, 0.6) is 0 Å². The van der Waals surface area contributed by atoms with E-state index in [-0.39, 0.29) is 6.61 Å². The molecule has 0 bridgehead atoms. The summed E-state index contributed by atoms with van der Waals surface area (Å²) in [7, 11) is -0.560. The molecule has 2 heterocycles. The Balaban J connectivity index is 1.96. The van der Waals surface area contributed by atoms with Gasteiger partial charge in [-0.25, -0.2) is 0 Å². The van der Waals surface area contributed by atoms with Crippen molar-refractivity contribution in [3.05, 3.63) is 47.6 Å². The molecule has 0 unspecified atom stereocenters. The molecule has 126 valence electrons. The summed E-state index contributed by atoms with van der Waals surface area (Å²) < 4.78 is 12.1. The first-order chi connectivity index (χ1) is 11.3. The number of aromatic nitrogens is 2. The van der Waals surface area contributed by atoms with E-state index in [1.54, 1.807) is 6.20 Å². The number of nitrogens with one attached hydrogen (secondary N) is 1. The van der Waals surface area contributed by atoms with E-state index in [4.69, 9.17) is 9.31 Å². The fourth-order valence-electron chi connectivity index (χ4n) is 2.66. The lowest BCUT2D eigenvalue weighted by Crippen LogP contribution is -2.41. The molecular formula is C18H23BN2O3. The molecule has 6 heteroatoms. The van der Waals surface area contributed by atoms with Crippen LogP contribution in [-0.2, 0) is 9.31 Å². The summed E-state index contributed by atoms with van der Waals surface area (Å²) in [6.07, 6.45) is 3.65. The number of benzene rings is 1. The molecule has 2 N–H and O–H groups in total. The molecule has 3 rings (SSSR count). The van der Waals surface area contributed by atoms with Crippen LogP contribution in [0.3, 0.4) is 0 Å². The van der Waals surface area contributed by atoms with Gasteiger partial charge in [-0.1, -0.05) is 30.3 Å². The van der Waals surface area contributed by atoms with Crippen LogP contribution in [0, 0.1) is 0 Å². The smallest absolute Gasteiger partial charge is 0.400 e. The number of nitrogens with zero attached hydrogens (tertiary/aromatic N) is 1. The molecule has 1 saturated heterocycles.